The van der Waals surface area contributed by atoms with E-state index in [0.29, 0.717) is 24.4 Å². The summed E-state index contributed by atoms with van der Waals surface area (Å²) in [7, 11) is 0. The van der Waals surface area contributed by atoms with Gasteiger partial charge in [-0.25, -0.2) is 0 Å². The second-order valence-corrected chi connectivity index (χ2v) is 6.56. The van der Waals surface area contributed by atoms with Crippen LogP contribution in [0.1, 0.15) is 37.3 Å². The van der Waals surface area contributed by atoms with Crippen LogP contribution in [-0.2, 0) is 11.0 Å². The Kier molecular flexibility index (Phi) is 4.24. The lowest BCUT2D eigenvalue weighted by Gasteiger charge is -2.36. The van der Waals surface area contributed by atoms with Crippen LogP contribution in [0, 0.1) is 5.92 Å². The van der Waals surface area contributed by atoms with Gasteiger partial charge in [-0.05, 0) is 30.0 Å². The molecule has 0 spiro atoms. The van der Waals surface area contributed by atoms with Gasteiger partial charge >= 0.3 is 6.18 Å². The fraction of sp³-hybridized carbons (Fsp3) is 0.444. The number of carbonyl (C=O) groups is 1. The zero-order valence-corrected chi connectivity index (χ0v) is 13.6. The molecule has 0 saturated carbocycles. The number of alkyl halides is 3. The molecule has 1 saturated heterocycles. The first-order chi connectivity index (χ1) is 11.3. The van der Waals surface area contributed by atoms with Crippen molar-refractivity contribution in [2.45, 2.75) is 32.4 Å². The lowest BCUT2D eigenvalue weighted by molar-refractivity contribution is -0.136. The van der Waals surface area contributed by atoms with E-state index >= 15 is 0 Å². The molecule has 0 bridgehead atoms. The van der Waals surface area contributed by atoms with Gasteiger partial charge in [-0.2, -0.15) is 13.2 Å². The highest BCUT2D eigenvalue weighted by Crippen LogP contribution is 2.39. The van der Waals surface area contributed by atoms with Gasteiger partial charge in [0.2, 0.25) is 5.91 Å². The number of halogens is 3. The van der Waals surface area contributed by atoms with Crippen molar-refractivity contribution in [3.8, 4) is 0 Å². The smallest absolute Gasteiger partial charge is 0.342 e. The predicted octanol–water partition coefficient (Wildman–Crippen LogP) is 4.23. The fourth-order valence-electron chi connectivity index (χ4n) is 3.61. The number of benzene rings is 1. The van der Waals surface area contributed by atoms with Crippen LogP contribution in [0.15, 0.2) is 30.5 Å². The van der Waals surface area contributed by atoms with Crippen LogP contribution >= 0.6 is 0 Å². The number of piperidine rings is 1. The van der Waals surface area contributed by atoms with E-state index < -0.39 is 11.7 Å². The van der Waals surface area contributed by atoms with Gasteiger partial charge in [-0.3, -0.25) is 9.78 Å². The molecule has 0 radical (unpaired) electrons. The normalized spacial score (nSPS) is 22.0. The van der Waals surface area contributed by atoms with Gasteiger partial charge < -0.3 is 4.90 Å². The third-order valence-electron chi connectivity index (χ3n) is 4.65. The van der Waals surface area contributed by atoms with Crippen molar-refractivity contribution in [1.29, 1.82) is 0 Å². The topological polar surface area (TPSA) is 33.2 Å². The van der Waals surface area contributed by atoms with E-state index in [4.69, 9.17) is 0 Å². The van der Waals surface area contributed by atoms with Gasteiger partial charge in [0, 0.05) is 37.5 Å². The third kappa shape index (κ3) is 3.09. The summed E-state index contributed by atoms with van der Waals surface area (Å²) < 4.78 is 39.7. The first-order valence-corrected chi connectivity index (χ1v) is 7.97. The maximum Gasteiger partial charge on any atom is 0.418 e. The van der Waals surface area contributed by atoms with Crippen molar-refractivity contribution in [1.82, 2.24) is 9.88 Å². The van der Waals surface area contributed by atoms with Crippen molar-refractivity contribution in [3.05, 3.63) is 41.6 Å². The zero-order chi connectivity index (χ0) is 17.5. The van der Waals surface area contributed by atoms with Gasteiger partial charge in [0.15, 0.2) is 0 Å². The summed E-state index contributed by atoms with van der Waals surface area (Å²) >= 11 is 0. The van der Waals surface area contributed by atoms with Crippen molar-refractivity contribution >= 4 is 16.8 Å². The SMILES string of the molecule is CC(=O)N1C[C@@H](C)C[C@@H](c2ccc(C(F)(F)F)c3ncccc23)C1. The van der Waals surface area contributed by atoms with Crippen LogP contribution in [0.4, 0.5) is 13.2 Å². The van der Waals surface area contributed by atoms with Crippen molar-refractivity contribution < 1.29 is 18.0 Å². The van der Waals surface area contributed by atoms with E-state index in [0.717, 1.165) is 18.1 Å². The molecule has 1 aromatic heterocycles. The number of nitrogens with zero attached hydrogens (tertiary/aromatic N) is 2. The summed E-state index contributed by atoms with van der Waals surface area (Å²) in [6, 6.07) is 6.00. The average molecular weight is 336 g/mol. The molecule has 128 valence electrons. The van der Waals surface area contributed by atoms with Crippen molar-refractivity contribution in [2.24, 2.45) is 5.92 Å². The van der Waals surface area contributed by atoms with Crippen LogP contribution in [0.25, 0.3) is 10.9 Å². The number of pyridine rings is 1. The highest BCUT2D eigenvalue weighted by atomic mass is 19.4. The molecule has 2 aromatic rings. The Hall–Kier alpha value is -2.11. The Bertz CT molecular complexity index is 772. The molecular formula is C18H19F3N2O. The maximum absolute atomic E-state index is 13.2. The molecule has 0 N–H and O–H groups in total. The van der Waals surface area contributed by atoms with Gasteiger partial charge in [0.25, 0.3) is 0 Å². The van der Waals surface area contributed by atoms with E-state index in [-0.39, 0.29) is 17.3 Å². The number of amides is 1. The predicted molar refractivity (Wildman–Crippen MR) is 85.5 cm³/mol. The molecule has 2 heterocycles. The Labute approximate surface area is 138 Å². The molecular weight excluding hydrogens is 317 g/mol. The fourth-order valence-corrected chi connectivity index (χ4v) is 3.61. The monoisotopic (exact) mass is 336 g/mol. The number of fused-ring (bicyclic) bond motifs is 1. The van der Waals surface area contributed by atoms with E-state index in [1.165, 1.54) is 13.1 Å². The number of rotatable bonds is 1. The van der Waals surface area contributed by atoms with E-state index in [1.54, 1.807) is 23.1 Å². The summed E-state index contributed by atoms with van der Waals surface area (Å²) in [6.07, 6.45) is -2.21. The Morgan fingerprint density at radius 1 is 1.25 bits per heavy atom. The molecule has 3 nitrogen and oxygen atoms in total. The van der Waals surface area contributed by atoms with Gasteiger partial charge in [-0.15, -0.1) is 0 Å². The first kappa shape index (κ1) is 16.7. The third-order valence-corrected chi connectivity index (χ3v) is 4.65. The minimum Gasteiger partial charge on any atom is -0.342 e. The molecule has 1 amide bonds. The van der Waals surface area contributed by atoms with Crippen LogP contribution in [-0.4, -0.2) is 28.9 Å². The lowest BCUT2D eigenvalue weighted by Crippen LogP contribution is -2.41. The average Bonchev–Trinajstić information content (AvgIpc) is 2.52. The Balaban J connectivity index is 2.09. The summed E-state index contributed by atoms with van der Waals surface area (Å²) in [5.74, 6) is 0.328. The molecule has 3 rings (SSSR count). The zero-order valence-electron chi connectivity index (χ0n) is 13.6. The number of hydrogen-bond acceptors (Lipinski definition) is 2. The molecule has 1 fully saturated rings. The molecule has 0 unspecified atom stereocenters. The highest BCUT2D eigenvalue weighted by molar-refractivity contribution is 5.86. The van der Waals surface area contributed by atoms with E-state index in [9.17, 15) is 18.0 Å². The summed E-state index contributed by atoms with van der Waals surface area (Å²) in [4.78, 5) is 17.5. The molecule has 6 heteroatoms. The molecule has 1 aliphatic rings. The largest absolute Gasteiger partial charge is 0.418 e. The minimum atomic E-state index is -4.43. The number of carbonyl (C=O) groups excluding carboxylic acids is 1. The van der Waals surface area contributed by atoms with Crippen LogP contribution in [0.3, 0.4) is 0 Å². The van der Waals surface area contributed by atoms with Gasteiger partial charge in [0.05, 0.1) is 11.1 Å². The number of aromatic nitrogens is 1. The van der Waals surface area contributed by atoms with Crippen molar-refractivity contribution in [3.63, 3.8) is 0 Å². The molecule has 2 atom stereocenters. The Morgan fingerprint density at radius 2 is 2.00 bits per heavy atom. The summed E-state index contributed by atoms with van der Waals surface area (Å²) in [6.45, 7) is 4.83. The highest BCUT2D eigenvalue weighted by Gasteiger charge is 2.35. The van der Waals surface area contributed by atoms with Gasteiger partial charge in [0.1, 0.15) is 0 Å². The molecule has 0 aliphatic carbocycles. The van der Waals surface area contributed by atoms with Crippen LogP contribution < -0.4 is 0 Å². The van der Waals surface area contributed by atoms with Crippen LogP contribution in [0.5, 0.6) is 0 Å². The summed E-state index contributed by atoms with van der Waals surface area (Å²) in [5, 5.41) is 0.523. The Morgan fingerprint density at radius 3 is 2.67 bits per heavy atom. The second-order valence-electron chi connectivity index (χ2n) is 6.56. The molecule has 1 aliphatic heterocycles. The quantitative estimate of drug-likeness (QED) is 0.781. The molecule has 1 aromatic carbocycles. The van der Waals surface area contributed by atoms with E-state index in [1.807, 2.05) is 0 Å². The first-order valence-electron chi connectivity index (χ1n) is 7.97. The number of likely N-dealkylation sites (tertiary alicyclic amines) is 1. The minimum absolute atomic E-state index is 0.000826. The van der Waals surface area contributed by atoms with Crippen molar-refractivity contribution in [2.75, 3.05) is 13.1 Å². The maximum atomic E-state index is 13.2. The second kappa shape index (κ2) is 6.07. The number of hydrogen-bond donors (Lipinski definition) is 0. The summed E-state index contributed by atoms with van der Waals surface area (Å²) in [5.41, 5.74) is 0.105. The van der Waals surface area contributed by atoms with Gasteiger partial charge in [-0.1, -0.05) is 19.1 Å². The lowest BCUT2D eigenvalue weighted by atomic mass is 9.83. The van der Waals surface area contributed by atoms with Crippen LogP contribution in [0.2, 0.25) is 0 Å². The van der Waals surface area contributed by atoms with E-state index in [2.05, 4.69) is 11.9 Å². The standard InChI is InChI=1S/C18H19F3N2O/c1-11-8-13(10-23(9-11)12(2)24)14-5-6-16(18(19,20)21)17-15(14)4-3-7-22-17/h3-7,11,13H,8-10H2,1-2H3/t11-,13+/m0/s1. The molecule has 24 heavy (non-hydrogen) atoms.